The van der Waals surface area contributed by atoms with E-state index in [1.54, 1.807) is 0 Å². The van der Waals surface area contributed by atoms with Gasteiger partial charge in [-0.25, -0.2) is 0 Å². The van der Waals surface area contributed by atoms with Crippen LogP contribution in [0.2, 0.25) is 0 Å². The van der Waals surface area contributed by atoms with Gasteiger partial charge in [-0.1, -0.05) is 62.4 Å². The summed E-state index contributed by atoms with van der Waals surface area (Å²) in [6.07, 6.45) is 1.00. The van der Waals surface area contributed by atoms with Crippen molar-refractivity contribution in [2.24, 2.45) is 0 Å². The van der Waals surface area contributed by atoms with Crippen LogP contribution in [0.1, 0.15) is 49.7 Å². The fraction of sp³-hybridized carbons (Fsp3) is 0.300. The van der Waals surface area contributed by atoms with Crippen LogP contribution in [0.15, 0.2) is 48.5 Å². The van der Waals surface area contributed by atoms with Gasteiger partial charge in [0.2, 0.25) is 11.8 Å². The van der Waals surface area contributed by atoms with Crippen molar-refractivity contribution < 1.29 is 9.59 Å². The van der Waals surface area contributed by atoms with Crippen LogP contribution in [-0.2, 0) is 9.59 Å². The van der Waals surface area contributed by atoms with Crippen molar-refractivity contribution in [1.82, 2.24) is 5.32 Å². The van der Waals surface area contributed by atoms with Crippen molar-refractivity contribution in [2.45, 2.75) is 38.5 Å². The molecule has 1 unspecified atom stereocenters. The first-order valence-electron chi connectivity index (χ1n) is 8.08. The normalized spacial score (nSPS) is 18.1. The molecule has 118 valence electrons. The predicted molar refractivity (Wildman–Crippen MR) is 91.1 cm³/mol. The largest absolute Gasteiger partial charge is 0.296 e. The number of imide groups is 1. The topological polar surface area (TPSA) is 46.2 Å². The van der Waals surface area contributed by atoms with Crippen LogP contribution in [0.25, 0.3) is 11.1 Å². The number of carbonyl (C=O) groups excluding carboxylic acids is 2. The number of amides is 2. The SMILES string of the molecule is CC(C)c1ccc(-c2ccc(C3CCC(=O)NC3=O)cc2)cc1. The molecule has 3 heteroatoms. The first-order valence-corrected chi connectivity index (χ1v) is 8.08. The lowest BCUT2D eigenvalue weighted by Crippen LogP contribution is -2.39. The molecule has 0 radical (unpaired) electrons. The van der Waals surface area contributed by atoms with E-state index in [0.29, 0.717) is 18.8 Å². The number of hydrogen-bond donors (Lipinski definition) is 1. The van der Waals surface area contributed by atoms with Gasteiger partial charge in [-0.3, -0.25) is 14.9 Å². The van der Waals surface area contributed by atoms with E-state index in [9.17, 15) is 9.59 Å². The zero-order valence-electron chi connectivity index (χ0n) is 13.5. The molecule has 0 spiro atoms. The lowest BCUT2D eigenvalue weighted by molar-refractivity contribution is -0.134. The minimum Gasteiger partial charge on any atom is -0.296 e. The minimum atomic E-state index is -0.218. The molecule has 1 aliphatic heterocycles. The van der Waals surface area contributed by atoms with E-state index >= 15 is 0 Å². The van der Waals surface area contributed by atoms with Crippen LogP contribution >= 0.6 is 0 Å². The van der Waals surface area contributed by atoms with E-state index in [4.69, 9.17) is 0 Å². The van der Waals surface area contributed by atoms with Crippen molar-refractivity contribution in [3.05, 3.63) is 59.7 Å². The summed E-state index contributed by atoms with van der Waals surface area (Å²) in [7, 11) is 0. The van der Waals surface area contributed by atoms with Gasteiger partial charge in [-0.15, -0.1) is 0 Å². The Labute approximate surface area is 136 Å². The average molecular weight is 307 g/mol. The second kappa shape index (κ2) is 6.37. The molecule has 23 heavy (non-hydrogen) atoms. The molecule has 2 aromatic carbocycles. The lowest BCUT2D eigenvalue weighted by atomic mass is 9.89. The lowest BCUT2D eigenvalue weighted by Gasteiger charge is -2.21. The Morgan fingerprint density at radius 2 is 1.48 bits per heavy atom. The van der Waals surface area contributed by atoms with Crippen LogP contribution in [0, 0.1) is 0 Å². The maximum atomic E-state index is 11.9. The molecule has 2 amide bonds. The maximum Gasteiger partial charge on any atom is 0.234 e. The van der Waals surface area contributed by atoms with Crippen molar-refractivity contribution in [1.29, 1.82) is 0 Å². The summed E-state index contributed by atoms with van der Waals surface area (Å²) in [4.78, 5) is 23.2. The molecule has 0 saturated carbocycles. The second-order valence-corrected chi connectivity index (χ2v) is 6.40. The second-order valence-electron chi connectivity index (χ2n) is 6.40. The number of hydrogen-bond acceptors (Lipinski definition) is 2. The summed E-state index contributed by atoms with van der Waals surface area (Å²) in [6.45, 7) is 4.37. The van der Waals surface area contributed by atoms with Gasteiger partial charge < -0.3 is 0 Å². The molecule has 1 aliphatic rings. The zero-order chi connectivity index (χ0) is 16.4. The summed E-state index contributed by atoms with van der Waals surface area (Å²) in [5.41, 5.74) is 4.60. The monoisotopic (exact) mass is 307 g/mol. The minimum absolute atomic E-state index is 0.173. The zero-order valence-corrected chi connectivity index (χ0v) is 13.5. The van der Waals surface area contributed by atoms with Crippen molar-refractivity contribution >= 4 is 11.8 Å². The number of benzene rings is 2. The van der Waals surface area contributed by atoms with E-state index < -0.39 is 0 Å². The van der Waals surface area contributed by atoms with E-state index in [1.165, 1.54) is 11.1 Å². The van der Waals surface area contributed by atoms with Crippen LogP contribution < -0.4 is 5.32 Å². The Kier molecular flexibility index (Phi) is 4.28. The molecule has 1 atom stereocenters. The standard InChI is InChI=1S/C20H21NO2/c1-13(2)14-3-5-15(6-4-14)16-7-9-17(10-8-16)18-11-12-19(22)21-20(18)23/h3-10,13,18H,11-12H2,1-2H3,(H,21,22,23). The molecule has 0 aromatic heterocycles. The Balaban J connectivity index is 1.79. The van der Waals surface area contributed by atoms with Crippen molar-refractivity contribution in [3.63, 3.8) is 0 Å². The number of nitrogens with one attached hydrogen (secondary N) is 1. The smallest absolute Gasteiger partial charge is 0.234 e. The molecule has 1 heterocycles. The molecule has 2 aromatic rings. The van der Waals surface area contributed by atoms with Crippen LogP contribution in [0.3, 0.4) is 0 Å². The molecule has 1 saturated heterocycles. The van der Waals surface area contributed by atoms with Gasteiger partial charge in [-0.2, -0.15) is 0 Å². The van der Waals surface area contributed by atoms with E-state index in [1.807, 2.05) is 24.3 Å². The van der Waals surface area contributed by atoms with Gasteiger partial charge in [0.15, 0.2) is 0 Å². The van der Waals surface area contributed by atoms with Gasteiger partial charge in [0, 0.05) is 6.42 Å². The van der Waals surface area contributed by atoms with E-state index in [-0.39, 0.29) is 17.7 Å². The maximum absolute atomic E-state index is 11.9. The third-order valence-electron chi connectivity index (χ3n) is 4.46. The third-order valence-corrected chi connectivity index (χ3v) is 4.46. The van der Waals surface area contributed by atoms with Crippen LogP contribution in [0.4, 0.5) is 0 Å². The van der Waals surface area contributed by atoms with Gasteiger partial charge in [0.1, 0.15) is 0 Å². The first kappa shape index (κ1) is 15.5. The summed E-state index contributed by atoms with van der Waals surface area (Å²) >= 11 is 0. The third kappa shape index (κ3) is 3.34. The number of rotatable bonds is 3. The summed E-state index contributed by atoms with van der Waals surface area (Å²) in [5, 5.41) is 2.41. The van der Waals surface area contributed by atoms with Crippen molar-refractivity contribution in [3.8, 4) is 11.1 Å². The van der Waals surface area contributed by atoms with E-state index in [2.05, 4.69) is 43.4 Å². The molecular formula is C20H21NO2. The fourth-order valence-corrected chi connectivity index (χ4v) is 2.98. The quantitative estimate of drug-likeness (QED) is 0.871. The molecule has 1 N–H and O–H groups in total. The highest BCUT2D eigenvalue weighted by Crippen LogP contribution is 2.28. The summed E-state index contributed by atoms with van der Waals surface area (Å²) in [5.74, 6) is -0.0487. The van der Waals surface area contributed by atoms with Gasteiger partial charge >= 0.3 is 0 Å². The highest BCUT2D eigenvalue weighted by atomic mass is 16.2. The van der Waals surface area contributed by atoms with Crippen LogP contribution in [-0.4, -0.2) is 11.8 Å². The highest BCUT2D eigenvalue weighted by Gasteiger charge is 2.27. The summed E-state index contributed by atoms with van der Waals surface area (Å²) < 4.78 is 0. The summed E-state index contributed by atoms with van der Waals surface area (Å²) in [6, 6.07) is 16.7. The predicted octanol–water partition coefficient (Wildman–Crippen LogP) is 4.00. The van der Waals surface area contributed by atoms with Crippen molar-refractivity contribution in [2.75, 3.05) is 0 Å². The van der Waals surface area contributed by atoms with Crippen LogP contribution in [0.5, 0.6) is 0 Å². The molecular weight excluding hydrogens is 286 g/mol. The fourth-order valence-electron chi connectivity index (χ4n) is 2.98. The molecule has 1 fully saturated rings. The first-order chi connectivity index (χ1) is 11.0. The molecule has 3 rings (SSSR count). The Morgan fingerprint density at radius 3 is 2.00 bits per heavy atom. The Bertz CT molecular complexity index is 714. The number of carbonyl (C=O) groups is 2. The van der Waals surface area contributed by atoms with Gasteiger partial charge in [-0.05, 0) is 34.6 Å². The average Bonchev–Trinajstić information content (AvgIpc) is 2.55. The number of piperidine rings is 1. The van der Waals surface area contributed by atoms with Gasteiger partial charge in [0.25, 0.3) is 0 Å². The highest BCUT2D eigenvalue weighted by molar-refractivity contribution is 6.00. The molecule has 0 aliphatic carbocycles. The van der Waals surface area contributed by atoms with Gasteiger partial charge in [0.05, 0.1) is 5.92 Å². The Hall–Kier alpha value is -2.42. The van der Waals surface area contributed by atoms with E-state index in [0.717, 1.165) is 11.1 Å². The molecule has 0 bridgehead atoms. The molecule has 3 nitrogen and oxygen atoms in total. The Morgan fingerprint density at radius 1 is 0.913 bits per heavy atom.